The number of hydrogen-bond donors (Lipinski definition) is 4. The summed E-state index contributed by atoms with van der Waals surface area (Å²) in [5.41, 5.74) is 19.3. The lowest BCUT2D eigenvalue weighted by Gasteiger charge is -2.23. The smallest absolute Gasteiger partial charge is 0.251 e. The molecular weight excluding hydrogens is 705 g/mol. The van der Waals surface area contributed by atoms with Gasteiger partial charge in [0.1, 0.15) is 0 Å². The van der Waals surface area contributed by atoms with Crippen LogP contribution < -0.4 is 22.1 Å². The van der Waals surface area contributed by atoms with Gasteiger partial charge in [-0.05, 0) is 72.3 Å². The van der Waals surface area contributed by atoms with Crippen LogP contribution in [0.3, 0.4) is 0 Å². The molecule has 0 saturated carbocycles. The first-order valence-electron chi connectivity index (χ1n) is 18.8. The van der Waals surface area contributed by atoms with Gasteiger partial charge >= 0.3 is 0 Å². The zero-order valence-electron chi connectivity index (χ0n) is 31.0. The van der Waals surface area contributed by atoms with Crippen LogP contribution in [0.25, 0.3) is 34.2 Å². The van der Waals surface area contributed by atoms with Crippen molar-refractivity contribution >= 4 is 11.8 Å². The number of carbonyl (C=O) groups is 2. The fraction of sp³-hybridized carbons (Fsp3) is 0.238. The highest BCUT2D eigenvalue weighted by molar-refractivity contribution is 5.96. The molecule has 56 heavy (non-hydrogen) atoms. The number of hydrogen-bond acceptors (Lipinski definition) is 11. The topological polar surface area (TPSA) is 196 Å². The highest BCUT2D eigenvalue weighted by Crippen LogP contribution is 2.26. The molecular formula is C42H43N12O2+. The quantitative estimate of drug-likeness (QED) is 0.196. The van der Waals surface area contributed by atoms with Gasteiger partial charge in [-0.15, -0.1) is 0 Å². The van der Waals surface area contributed by atoms with Gasteiger partial charge in [0.25, 0.3) is 11.8 Å². The molecule has 11 heterocycles. The van der Waals surface area contributed by atoms with Crippen molar-refractivity contribution < 1.29 is 15.3 Å². The lowest BCUT2D eigenvalue weighted by atomic mass is 10.1. The van der Waals surface area contributed by atoms with Crippen LogP contribution in [-0.4, -0.2) is 77.7 Å². The number of carbonyl (C=O) groups excluding carboxylic acids is 2. The van der Waals surface area contributed by atoms with E-state index < -0.39 is 0 Å². The van der Waals surface area contributed by atoms with E-state index >= 15 is 0 Å². The molecule has 0 aromatic carbocycles. The molecule has 0 radical (unpaired) electrons. The predicted octanol–water partition coefficient (Wildman–Crippen LogP) is 2.75. The van der Waals surface area contributed by atoms with Gasteiger partial charge in [0.2, 0.25) is 0 Å². The number of aromatic nitrogens is 6. The second kappa shape index (κ2) is 16.6. The molecule has 14 bridgehead atoms. The molecule has 0 saturated heterocycles. The third-order valence-electron chi connectivity index (χ3n) is 9.54. The van der Waals surface area contributed by atoms with Gasteiger partial charge in [0.15, 0.2) is 0 Å². The Morgan fingerprint density at radius 2 is 1.02 bits per heavy atom. The third-order valence-corrected chi connectivity index (χ3v) is 9.54. The highest BCUT2D eigenvalue weighted by Gasteiger charge is 2.21. The number of nitrogens with zero attached hydrogens (tertiary/aromatic N) is 8. The first-order chi connectivity index (χ1) is 27.4. The minimum absolute atomic E-state index is 0.247. The number of amides is 2. The Labute approximate surface area is 324 Å². The van der Waals surface area contributed by atoms with E-state index in [1.54, 1.807) is 18.2 Å². The van der Waals surface area contributed by atoms with Gasteiger partial charge in [-0.1, -0.05) is 24.3 Å². The van der Waals surface area contributed by atoms with Gasteiger partial charge in [-0.2, -0.15) is 0 Å². The standard InChI is InChI=1S/C42H42N12O2/c43-12-14-45-41(55)28-16-33-25-53-21-27-10-11-35(47-20-27)36-7-1-4-31(48-36)23-54(24-32-6-3-9-38(50-32)37-8-2-5-30(22-53)49-37)26-34-17-29(42(56)46-15-13-44)19-40(52-34)39(18-28)51-33/h1-11,16-20H,12-15,21-26,43-44H2,(H,45,55)(H,46,56)/p+1. The summed E-state index contributed by atoms with van der Waals surface area (Å²) in [5, 5.41) is 5.86. The first kappa shape index (κ1) is 36.6. The van der Waals surface area contributed by atoms with Crippen LogP contribution in [0.4, 0.5) is 0 Å². The van der Waals surface area contributed by atoms with E-state index in [9.17, 15) is 9.59 Å². The number of rotatable bonds is 6. The predicted molar refractivity (Wildman–Crippen MR) is 210 cm³/mol. The average molecular weight is 748 g/mol. The van der Waals surface area contributed by atoms with Crippen molar-refractivity contribution in [1.29, 1.82) is 0 Å². The Morgan fingerprint density at radius 3 is 1.50 bits per heavy atom. The summed E-state index contributed by atoms with van der Waals surface area (Å²) in [6.07, 6.45) is 1.89. The van der Waals surface area contributed by atoms with Crippen molar-refractivity contribution in [2.45, 2.75) is 39.3 Å². The van der Waals surface area contributed by atoms with Crippen LogP contribution in [-0.2, 0) is 39.3 Å². The van der Waals surface area contributed by atoms with Crippen LogP contribution in [0.5, 0.6) is 0 Å². The summed E-state index contributed by atoms with van der Waals surface area (Å²) in [5.74, 6) is -0.525. The zero-order chi connectivity index (χ0) is 38.4. The van der Waals surface area contributed by atoms with Crippen molar-refractivity contribution in [2.75, 3.05) is 26.2 Å². The van der Waals surface area contributed by atoms with Crippen LogP contribution >= 0.6 is 0 Å². The molecule has 0 aliphatic carbocycles. The summed E-state index contributed by atoms with van der Waals surface area (Å²) >= 11 is 0. The van der Waals surface area contributed by atoms with E-state index in [2.05, 4.69) is 32.2 Å². The van der Waals surface area contributed by atoms with E-state index in [0.717, 1.165) is 45.4 Å². The van der Waals surface area contributed by atoms with E-state index in [-0.39, 0.29) is 11.8 Å². The molecule has 14 nitrogen and oxygen atoms in total. The Morgan fingerprint density at radius 1 is 0.554 bits per heavy atom. The number of nitrogens with one attached hydrogen (secondary N) is 2. The molecule has 2 unspecified atom stereocenters. The minimum atomic E-state index is -0.278. The molecule has 7 N–H and O–H groups in total. The second-order valence-corrected chi connectivity index (χ2v) is 14.0. The largest absolute Gasteiger partial charge is 0.356 e. The van der Waals surface area contributed by atoms with E-state index in [1.807, 2.05) is 72.9 Å². The third kappa shape index (κ3) is 8.64. The van der Waals surface area contributed by atoms with E-state index in [4.69, 9.17) is 35.6 Å². The van der Waals surface area contributed by atoms with Crippen LogP contribution in [0.15, 0.2) is 97.2 Å². The van der Waals surface area contributed by atoms with Crippen molar-refractivity contribution in [2.24, 2.45) is 5.73 Å². The Bertz CT molecular complexity index is 2390. The van der Waals surface area contributed by atoms with E-state index in [0.29, 0.717) is 99.4 Å². The molecule has 6 aromatic heterocycles. The summed E-state index contributed by atoms with van der Waals surface area (Å²) in [4.78, 5) is 61.9. The van der Waals surface area contributed by atoms with Crippen molar-refractivity contribution in [3.63, 3.8) is 0 Å². The first-order valence-corrected chi connectivity index (χ1v) is 18.8. The van der Waals surface area contributed by atoms with Crippen molar-refractivity contribution in [1.82, 2.24) is 50.3 Å². The van der Waals surface area contributed by atoms with Crippen molar-refractivity contribution in [3.05, 3.63) is 142 Å². The van der Waals surface area contributed by atoms with Crippen LogP contribution in [0, 0.1) is 0 Å². The second-order valence-electron chi connectivity index (χ2n) is 14.0. The fourth-order valence-electron chi connectivity index (χ4n) is 6.99. The zero-order valence-corrected chi connectivity index (χ0v) is 31.0. The lowest BCUT2D eigenvalue weighted by Crippen LogP contribution is -2.54. The summed E-state index contributed by atoms with van der Waals surface area (Å²) in [6.45, 7) is 4.18. The molecule has 5 aliphatic heterocycles. The average Bonchev–Trinajstić information content (AvgIpc) is 3.21. The van der Waals surface area contributed by atoms with Crippen LogP contribution in [0.1, 0.15) is 54.7 Å². The Kier molecular flexibility index (Phi) is 10.9. The van der Waals surface area contributed by atoms with Gasteiger partial charge in [-0.25, -0.2) is 24.9 Å². The SMILES string of the molecule is NCCNC(=O)c1cc2nc(c1)-c1cc(C(=O)NCC[NH3+])cc(n1)CN1Cc3cccc(n3)-c3ccc(cn3)CN(Cc3cccc(n3)-c3cccc(n3)C1)C2. The molecule has 5 aliphatic rings. The maximum atomic E-state index is 13.6. The molecule has 11 rings (SSSR count). The molecule has 14 heteroatoms. The maximum absolute atomic E-state index is 13.6. The summed E-state index contributed by atoms with van der Waals surface area (Å²) < 4.78 is 0. The summed E-state index contributed by atoms with van der Waals surface area (Å²) in [6, 6.07) is 29.1. The van der Waals surface area contributed by atoms with Crippen LogP contribution in [0.2, 0.25) is 0 Å². The van der Waals surface area contributed by atoms with Gasteiger partial charge in [-0.3, -0.25) is 24.4 Å². The highest BCUT2D eigenvalue weighted by atomic mass is 16.2. The van der Waals surface area contributed by atoms with Gasteiger partial charge < -0.3 is 22.1 Å². The Hall–Kier alpha value is -6.32. The molecule has 6 aromatic rings. The molecule has 2 atom stereocenters. The number of nitrogens with two attached hydrogens (primary N) is 1. The fourth-order valence-corrected chi connectivity index (χ4v) is 6.99. The van der Waals surface area contributed by atoms with E-state index in [1.165, 1.54) is 0 Å². The van der Waals surface area contributed by atoms with Crippen molar-refractivity contribution in [3.8, 4) is 34.2 Å². The molecule has 2 amide bonds. The maximum Gasteiger partial charge on any atom is 0.251 e. The monoisotopic (exact) mass is 747 g/mol. The molecule has 0 fully saturated rings. The minimum Gasteiger partial charge on any atom is -0.356 e. The molecule has 0 spiro atoms. The number of quaternary nitrogens is 1. The Balaban J connectivity index is 1.36. The van der Waals surface area contributed by atoms with Gasteiger partial charge in [0.05, 0.1) is 75.7 Å². The summed E-state index contributed by atoms with van der Waals surface area (Å²) in [7, 11) is 0. The molecule has 282 valence electrons. The number of pyridine rings is 6. The van der Waals surface area contributed by atoms with Gasteiger partial charge in [0, 0.05) is 69.7 Å². The normalized spacial score (nSPS) is 16.0. The lowest BCUT2D eigenvalue weighted by molar-refractivity contribution is -0.364.